The molecule has 6 heteroatoms. The van der Waals surface area contributed by atoms with Crippen molar-refractivity contribution in [3.05, 3.63) is 35.4 Å². The van der Waals surface area contributed by atoms with Crippen molar-refractivity contribution in [3.8, 4) is 0 Å². The molecule has 2 atom stereocenters. The number of alkyl halides is 2. The Morgan fingerprint density at radius 1 is 1.47 bits per heavy atom. The van der Waals surface area contributed by atoms with Crippen LogP contribution in [-0.2, 0) is 9.84 Å². The largest absolute Gasteiger partial charge is 0.385 e. The van der Waals surface area contributed by atoms with Gasteiger partial charge in [0.1, 0.15) is 6.10 Å². The van der Waals surface area contributed by atoms with Crippen LogP contribution in [0.2, 0.25) is 0 Å². The van der Waals surface area contributed by atoms with Crippen molar-refractivity contribution in [3.63, 3.8) is 0 Å². The van der Waals surface area contributed by atoms with Gasteiger partial charge in [0.2, 0.25) is 2.21 Å². The fraction of sp³-hybridized carbons (Fsp3) is 0.455. The van der Waals surface area contributed by atoms with E-state index < -0.39 is 18.2 Å². The number of halogens is 2. The van der Waals surface area contributed by atoms with Crippen LogP contribution in [0.25, 0.3) is 0 Å². The van der Waals surface area contributed by atoms with Crippen molar-refractivity contribution in [2.45, 2.75) is 22.2 Å². The van der Waals surface area contributed by atoms with Crippen LogP contribution < -0.4 is 0 Å². The van der Waals surface area contributed by atoms with Gasteiger partial charge in [-0.3, -0.25) is 0 Å². The summed E-state index contributed by atoms with van der Waals surface area (Å²) < 4.78 is 22.0. The molecule has 0 aliphatic carbocycles. The molecule has 17 heavy (non-hydrogen) atoms. The summed E-state index contributed by atoms with van der Waals surface area (Å²) in [5.41, 5.74) is 1.35. The molecule has 0 fully saturated rings. The molecule has 0 amide bonds. The number of aliphatic hydroxyl groups excluding tert-OH is 1. The third-order valence-corrected chi connectivity index (χ3v) is 7.92. The maximum atomic E-state index is 11.8. The van der Waals surface area contributed by atoms with E-state index in [-0.39, 0.29) is 5.75 Å². The van der Waals surface area contributed by atoms with Gasteiger partial charge in [-0.15, -0.1) is 0 Å². The van der Waals surface area contributed by atoms with Gasteiger partial charge in [0.05, 0.1) is 5.75 Å². The highest BCUT2D eigenvalue weighted by molar-refractivity contribution is 14.1. The minimum atomic E-state index is -3.56. The van der Waals surface area contributed by atoms with Gasteiger partial charge in [-0.25, -0.2) is 8.42 Å². The van der Waals surface area contributed by atoms with E-state index in [1.54, 1.807) is 47.7 Å². The van der Waals surface area contributed by atoms with Crippen LogP contribution in [-0.4, -0.2) is 21.5 Å². The van der Waals surface area contributed by atoms with Gasteiger partial charge in [-0.2, -0.15) is 0 Å². The quantitative estimate of drug-likeness (QED) is 0.637. The predicted molar refractivity (Wildman–Crippen MR) is 78.2 cm³/mol. The van der Waals surface area contributed by atoms with E-state index in [2.05, 4.69) is 0 Å². The molecular formula is C11H14ClIO3S. The van der Waals surface area contributed by atoms with Crippen LogP contribution >= 0.6 is 34.2 Å². The molecule has 0 radical (unpaired) electrons. The van der Waals surface area contributed by atoms with Crippen molar-refractivity contribution < 1.29 is 13.5 Å². The lowest BCUT2D eigenvalue weighted by atomic mass is 10.0. The highest BCUT2D eigenvalue weighted by atomic mass is 127. The van der Waals surface area contributed by atoms with E-state index in [0.717, 1.165) is 5.56 Å². The van der Waals surface area contributed by atoms with Gasteiger partial charge in [0.15, 0.2) is 9.84 Å². The molecule has 0 aliphatic heterocycles. The van der Waals surface area contributed by atoms with E-state index in [0.29, 0.717) is 5.56 Å². The van der Waals surface area contributed by atoms with Gasteiger partial charge in [0, 0.05) is 0 Å². The summed E-state index contributed by atoms with van der Waals surface area (Å²) in [6.45, 7) is 3.32. The second kappa shape index (κ2) is 5.42. The molecule has 0 unspecified atom stereocenters. The molecule has 1 N–H and O–H groups in total. The number of hydrogen-bond donors (Lipinski definition) is 1. The van der Waals surface area contributed by atoms with Gasteiger partial charge in [-0.05, 0) is 40.6 Å². The molecule has 0 bridgehead atoms. The first-order valence-electron chi connectivity index (χ1n) is 5.07. The summed E-state index contributed by atoms with van der Waals surface area (Å²) in [7, 11) is -3.56. The average Bonchev–Trinajstić information content (AvgIpc) is 2.28. The van der Waals surface area contributed by atoms with Crippen LogP contribution in [0, 0.1) is 6.92 Å². The second-order valence-corrected chi connectivity index (χ2v) is 10.1. The Balaban J connectivity index is 3.23. The Hall–Kier alpha value is 0.150. The minimum absolute atomic E-state index is 0.109. The topological polar surface area (TPSA) is 54.4 Å². The fourth-order valence-electron chi connectivity index (χ4n) is 1.44. The summed E-state index contributed by atoms with van der Waals surface area (Å²) in [5, 5.41) is 10.2. The molecule has 0 heterocycles. The first kappa shape index (κ1) is 15.2. The molecule has 1 rings (SSSR count). The fourth-order valence-corrected chi connectivity index (χ4v) is 4.00. The zero-order valence-corrected chi connectivity index (χ0v) is 13.3. The zero-order valence-electron chi connectivity index (χ0n) is 9.52. The normalized spacial score (nSPS) is 17.5. The lowest BCUT2D eigenvalue weighted by Crippen LogP contribution is -2.34. The molecule has 0 spiro atoms. The first-order valence-corrected chi connectivity index (χ1v) is 8.18. The van der Waals surface area contributed by atoms with Crippen LogP contribution in [0.1, 0.15) is 24.2 Å². The third-order valence-electron chi connectivity index (χ3n) is 2.60. The summed E-state index contributed by atoms with van der Waals surface area (Å²) in [5.74, 6) is -0.109. The molecule has 0 saturated carbocycles. The number of aryl methyl sites for hydroxylation is 1. The molecule has 1 aromatic carbocycles. The summed E-state index contributed by atoms with van der Waals surface area (Å²) in [6, 6.07) is 7.05. The zero-order chi connectivity index (χ0) is 13.3. The number of rotatable bonds is 4. The maximum Gasteiger partial charge on any atom is 0.225 e. The van der Waals surface area contributed by atoms with Crippen LogP contribution in [0.15, 0.2) is 24.3 Å². The summed E-state index contributed by atoms with van der Waals surface area (Å²) in [4.78, 5) is 0. The third kappa shape index (κ3) is 2.94. The van der Waals surface area contributed by atoms with Crippen molar-refractivity contribution in [2.75, 3.05) is 5.75 Å². The predicted octanol–water partition coefficient (Wildman–Crippen LogP) is 2.79. The van der Waals surface area contributed by atoms with Crippen LogP contribution in [0.4, 0.5) is 0 Å². The van der Waals surface area contributed by atoms with Crippen molar-refractivity contribution in [2.24, 2.45) is 0 Å². The molecule has 1 aromatic rings. The number of sulfone groups is 1. The molecule has 3 nitrogen and oxygen atoms in total. The molecule has 0 aromatic heterocycles. The number of benzene rings is 1. The van der Waals surface area contributed by atoms with Crippen molar-refractivity contribution in [1.29, 1.82) is 0 Å². The molecule has 0 aliphatic rings. The minimum Gasteiger partial charge on any atom is -0.385 e. The maximum absolute atomic E-state index is 11.8. The Labute approximate surface area is 120 Å². The Morgan fingerprint density at radius 3 is 2.47 bits per heavy atom. The molecular weight excluding hydrogens is 375 g/mol. The van der Waals surface area contributed by atoms with Crippen molar-refractivity contribution in [1.82, 2.24) is 0 Å². The van der Waals surface area contributed by atoms with Gasteiger partial charge >= 0.3 is 0 Å². The highest BCUT2D eigenvalue weighted by Gasteiger charge is 2.46. The summed E-state index contributed by atoms with van der Waals surface area (Å²) >= 11 is 7.63. The van der Waals surface area contributed by atoms with E-state index in [4.69, 9.17) is 11.6 Å². The van der Waals surface area contributed by atoms with Crippen LogP contribution in [0.3, 0.4) is 0 Å². The second-order valence-electron chi connectivity index (χ2n) is 3.72. The summed E-state index contributed by atoms with van der Waals surface area (Å²) in [6.07, 6.45) is -1.25. The van der Waals surface area contributed by atoms with Gasteiger partial charge < -0.3 is 5.11 Å². The standard InChI is InChI=1S/C11H14ClIO3S/c1-3-17(15,16)11(12,13)10(14)9-7-5-4-6-8(9)2/h4-7,10,14H,3H2,1-2H3/t10-,11-/m1/s1. The smallest absolute Gasteiger partial charge is 0.225 e. The molecule has 0 saturated heterocycles. The lowest BCUT2D eigenvalue weighted by molar-refractivity contribution is 0.187. The van der Waals surface area contributed by atoms with Crippen LogP contribution in [0.5, 0.6) is 0 Å². The van der Waals surface area contributed by atoms with Crippen molar-refractivity contribution >= 4 is 44.0 Å². The van der Waals surface area contributed by atoms with E-state index in [1.807, 2.05) is 6.07 Å². The Kier molecular flexibility index (Phi) is 4.85. The SMILES string of the molecule is CCS(=O)(=O)[C@](Cl)(I)[C@H](O)c1ccccc1C. The molecule has 96 valence electrons. The highest BCUT2D eigenvalue weighted by Crippen LogP contribution is 2.44. The van der Waals surface area contributed by atoms with Gasteiger partial charge in [0.25, 0.3) is 0 Å². The van der Waals surface area contributed by atoms with E-state index in [9.17, 15) is 13.5 Å². The first-order chi connectivity index (χ1) is 7.74. The number of aliphatic hydroxyl groups is 1. The lowest BCUT2D eigenvalue weighted by Gasteiger charge is -2.26. The Morgan fingerprint density at radius 2 is 2.00 bits per heavy atom. The number of hydrogen-bond acceptors (Lipinski definition) is 3. The monoisotopic (exact) mass is 388 g/mol. The average molecular weight is 389 g/mol. The van der Waals surface area contributed by atoms with E-state index >= 15 is 0 Å². The Bertz CT molecular complexity index is 499. The van der Waals surface area contributed by atoms with Gasteiger partial charge in [-0.1, -0.05) is 42.8 Å². The van der Waals surface area contributed by atoms with E-state index in [1.165, 1.54) is 6.92 Å².